The van der Waals surface area contributed by atoms with Crippen molar-refractivity contribution in [3.05, 3.63) is 35.6 Å². The molecule has 0 unspecified atom stereocenters. The molecule has 0 spiro atoms. The summed E-state index contributed by atoms with van der Waals surface area (Å²) in [4.78, 5) is 34.7. The summed E-state index contributed by atoms with van der Waals surface area (Å²) < 4.78 is 17.7. The van der Waals surface area contributed by atoms with E-state index < -0.39 is 35.7 Å². The second-order valence-corrected chi connectivity index (χ2v) is 4.84. The van der Waals surface area contributed by atoms with E-state index in [0.717, 1.165) is 0 Å². The van der Waals surface area contributed by atoms with Gasteiger partial charge >= 0.3 is 5.97 Å². The molecule has 0 aliphatic rings. The number of esters is 1. The van der Waals surface area contributed by atoms with E-state index in [2.05, 4.69) is 15.4 Å². The van der Waals surface area contributed by atoms with Crippen LogP contribution < -0.4 is 10.6 Å². The standard InChI is InChI=1S/C15H19FN2O4/c1-9(15(21)22-3)17-14(20)13(18-10(2)19)8-11-5-4-6-12(16)7-11/h4-7,9,13H,8H2,1-3H3,(H,17,20)(H,18,19)/t9-,13-/m0/s1. The summed E-state index contributed by atoms with van der Waals surface area (Å²) >= 11 is 0. The number of nitrogens with one attached hydrogen (secondary N) is 2. The molecular weight excluding hydrogens is 291 g/mol. The minimum Gasteiger partial charge on any atom is -0.467 e. The van der Waals surface area contributed by atoms with E-state index >= 15 is 0 Å². The fourth-order valence-electron chi connectivity index (χ4n) is 1.90. The van der Waals surface area contributed by atoms with E-state index in [-0.39, 0.29) is 6.42 Å². The fraction of sp³-hybridized carbons (Fsp3) is 0.400. The molecule has 2 atom stereocenters. The summed E-state index contributed by atoms with van der Waals surface area (Å²) in [5, 5.41) is 4.93. The van der Waals surface area contributed by atoms with Gasteiger partial charge in [0, 0.05) is 13.3 Å². The largest absolute Gasteiger partial charge is 0.467 e. The van der Waals surface area contributed by atoms with Crippen LogP contribution in [-0.2, 0) is 25.5 Å². The predicted octanol–water partition coefficient (Wildman–Crippen LogP) is 0.551. The Hall–Kier alpha value is -2.44. The number of carbonyl (C=O) groups excluding carboxylic acids is 3. The highest BCUT2D eigenvalue weighted by molar-refractivity contribution is 5.90. The molecule has 0 bridgehead atoms. The number of amides is 2. The van der Waals surface area contributed by atoms with Crippen LogP contribution in [0.3, 0.4) is 0 Å². The molecule has 0 saturated carbocycles. The first-order chi connectivity index (χ1) is 10.3. The molecule has 1 aromatic carbocycles. The third-order valence-corrected chi connectivity index (χ3v) is 2.94. The van der Waals surface area contributed by atoms with Gasteiger partial charge in [-0.05, 0) is 24.6 Å². The number of halogens is 1. The van der Waals surface area contributed by atoms with Gasteiger partial charge in [-0.2, -0.15) is 0 Å². The zero-order chi connectivity index (χ0) is 16.7. The first-order valence-corrected chi connectivity index (χ1v) is 6.73. The van der Waals surface area contributed by atoms with Gasteiger partial charge < -0.3 is 15.4 Å². The smallest absolute Gasteiger partial charge is 0.328 e. The molecule has 6 nitrogen and oxygen atoms in total. The Kier molecular flexibility index (Phi) is 6.49. The number of carbonyl (C=O) groups is 3. The van der Waals surface area contributed by atoms with E-state index in [0.29, 0.717) is 5.56 Å². The maximum absolute atomic E-state index is 13.2. The highest BCUT2D eigenvalue weighted by Gasteiger charge is 2.24. The molecule has 22 heavy (non-hydrogen) atoms. The lowest BCUT2D eigenvalue weighted by atomic mass is 10.0. The number of hydrogen-bond acceptors (Lipinski definition) is 4. The van der Waals surface area contributed by atoms with Crippen molar-refractivity contribution in [1.82, 2.24) is 10.6 Å². The maximum Gasteiger partial charge on any atom is 0.328 e. The van der Waals surface area contributed by atoms with Gasteiger partial charge in [-0.3, -0.25) is 9.59 Å². The molecule has 1 aromatic rings. The lowest BCUT2D eigenvalue weighted by Gasteiger charge is -2.20. The van der Waals surface area contributed by atoms with Gasteiger partial charge in [-0.25, -0.2) is 9.18 Å². The minimum atomic E-state index is -0.911. The van der Waals surface area contributed by atoms with Crippen molar-refractivity contribution in [3.8, 4) is 0 Å². The second-order valence-electron chi connectivity index (χ2n) is 4.84. The first-order valence-electron chi connectivity index (χ1n) is 6.73. The van der Waals surface area contributed by atoms with Crippen LogP contribution in [0.25, 0.3) is 0 Å². The van der Waals surface area contributed by atoms with Crippen LogP contribution in [0.1, 0.15) is 19.4 Å². The average Bonchev–Trinajstić information content (AvgIpc) is 2.45. The lowest BCUT2D eigenvalue weighted by molar-refractivity contribution is -0.144. The highest BCUT2D eigenvalue weighted by atomic mass is 19.1. The molecule has 0 saturated heterocycles. The molecule has 0 aromatic heterocycles. The van der Waals surface area contributed by atoms with Crippen LogP contribution in [0.2, 0.25) is 0 Å². The van der Waals surface area contributed by atoms with Crippen molar-refractivity contribution in [3.63, 3.8) is 0 Å². The quantitative estimate of drug-likeness (QED) is 0.752. The van der Waals surface area contributed by atoms with Crippen LogP contribution in [0.5, 0.6) is 0 Å². The van der Waals surface area contributed by atoms with Crippen molar-refractivity contribution >= 4 is 17.8 Å². The number of hydrogen-bond donors (Lipinski definition) is 2. The van der Waals surface area contributed by atoms with Crippen LogP contribution in [0.4, 0.5) is 4.39 Å². The Morgan fingerprint density at radius 1 is 1.27 bits per heavy atom. The van der Waals surface area contributed by atoms with Gasteiger partial charge in [0.1, 0.15) is 17.9 Å². The summed E-state index contributed by atoms with van der Waals surface area (Å²) in [5.74, 6) is -1.97. The normalized spacial score (nSPS) is 12.9. The topological polar surface area (TPSA) is 84.5 Å². The first kappa shape index (κ1) is 17.6. The van der Waals surface area contributed by atoms with Gasteiger partial charge in [-0.1, -0.05) is 12.1 Å². The SMILES string of the molecule is COC(=O)[C@H](C)NC(=O)[C@H](Cc1cccc(F)c1)NC(C)=O. The van der Waals surface area contributed by atoms with Crippen LogP contribution in [0.15, 0.2) is 24.3 Å². The molecular formula is C15H19FN2O4. The minimum absolute atomic E-state index is 0.108. The van der Waals surface area contributed by atoms with Gasteiger partial charge in [-0.15, -0.1) is 0 Å². The number of methoxy groups -OCH3 is 1. The van der Waals surface area contributed by atoms with E-state index in [1.54, 1.807) is 6.07 Å². The molecule has 2 N–H and O–H groups in total. The summed E-state index contributed by atoms with van der Waals surface area (Å²) in [6, 6.07) is 3.98. The molecule has 2 amide bonds. The van der Waals surface area contributed by atoms with Crippen molar-refractivity contribution < 1.29 is 23.5 Å². The third-order valence-electron chi connectivity index (χ3n) is 2.94. The molecule has 0 fully saturated rings. The molecule has 0 radical (unpaired) electrons. The summed E-state index contributed by atoms with van der Waals surface area (Å²) in [7, 11) is 1.21. The van der Waals surface area contributed by atoms with E-state index in [1.807, 2.05) is 0 Å². The number of benzene rings is 1. The summed E-state index contributed by atoms with van der Waals surface area (Å²) in [6.07, 6.45) is 0.108. The van der Waals surface area contributed by atoms with Crippen molar-refractivity contribution in [2.24, 2.45) is 0 Å². The van der Waals surface area contributed by atoms with E-state index in [9.17, 15) is 18.8 Å². The zero-order valence-corrected chi connectivity index (χ0v) is 12.7. The van der Waals surface area contributed by atoms with Crippen molar-refractivity contribution in [2.45, 2.75) is 32.4 Å². The van der Waals surface area contributed by atoms with Gasteiger partial charge in [0.25, 0.3) is 0 Å². The Balaban J connectivity index is 2.81. The van der Waals surface area contributed by atoms with Crippen molar-refractivity contribution in [2.75, 3.05) is 7.11 Å². The van der Waals surface area contributed by atoms with Gasteiger partial charge in [0.2, 0.25) is 11.8 Å². The summed E-state index contributed by atoms with van der Waals surface area (Å²) in [6.45, 7) is 2.74. The molecule has 0 aliphatic heterocycles. The third kappa shape index (κ3) is 5.51. The molecule has 0 aliphatic carbocycles. The van der Waals surface area contributed by atoms with Gasteiger partial charge in [0.15, 0.2) is 0 Å². The molecule has 0 heterocycles. The Morgan fingerprint density at radius 3 is 2.50 bits per heavy atom. The maximum atomic E-state index is 13.2. The van der Waals surface area contributed by atoms with Crippen molar-refractivity contribution in [1.29, 1.82) is 0 Å². The average molecular weight is 310 g/mol. The lowest BCUT2D eigenvalue weighted by Crippen LogP contribution is -2.51. The molecule has 1 rings (SSSR count). The number of ether oxygens (including phenoxy) is 1. The second kappa shape index (κ2) is 8.11. The monoisotopic (exact) mass is 310 g/mol. The van der Waals surface area contributed by atoms with Crippen LogP contribution in [0, 0.1) is 5.82 Å². The predicted molar refractivity (Wildman–Crippen MR) is 77.3 cm³/mol. The molecule has 7 heteroatoms. The van der Waals surface area contributed by atoms with E-state index in [4.69, 9.17) is 0 Å². The number of rotatable bonds is 6. The summed E-state index contributed by atoms with van der Waals surface area (Å²) in [5.41, 5.74) is 0.555. The Morgan fingerprint density at radius 2 is 1.95 bits per heavy atom. The van der Waals surface area contributed by atoms with Crippen LogP contribution >= 0.6 is 0 Å². The molecule has 120 valence electrons. The zero-order valence-electron chi connectivity index (χ0n) is 12.7. The Labute approximate surface area is 128 Å². The van der Waals surface area contributed by atoms with E-state index in [1.165, 1.54) is 39.2 Å². The fourth-order valence-corrected chi connectivity index (χ4v) is 1.90. The highest BCUT2D eigenvalue weighted by Crippen LogP contribution is 2.07. The van der Waals surface area contributed by atoms with Crippen LogP contribution in [-0.4, -0.2) is 37.0 Å². The Bertz CT molecular complexity index is 562. The van der Waals surface area contributed by atoms with Gasteiger partial charge in [0.05, 0.1) is 7.11 Å².